The van der Waals surface area contributed by atoms with Crippen LogP contribution in [0.1, 0.15) is 11.5 Å². The number of halogens is 1. The Balaban J connectivity index is 1.96. The molecule has 84 valence electrons. The lowest BCUT2D eigenvalue weighted by atomic mass is 10.3. The summed E-state index contributed by atoms with van der Waals surface area (Å²) in [6.07, 6.45) is 0. The summed E-state index contributed by atoms with van der Waals surface area (Å²) in [7, 11) is 0. The third-order valence-corrected chi connectivity index (χ3v) is 1.99. The Morgan fingerprint density at radius 1 is 1.38 bits per heavy atom. The molecule has 0 saturated carbocycles. The van der Waals surface area contributed by atoms with Gasteiger partial charge in [0.2, 0.25) is 0 Å². The van der Waals surface area contributed by atoms with Crippen LogP contribution in [0.2, 0.25) is 0 Å². The first-order valence-electron chi connectivity index (χ1n) is 4.81. The molecule has 1 aromatic heterocycles. The van der Waals surface area contributed by atoms with Crippen LogP contribution >= 0.6 is 0 Å². The molecule has 0 unspecified atom stereocenters. The normalized spacial score (nSPS) is 10.4. The third-order valence-electron chi connectivity index (χ3n) is 1.99. The molecule has 0 fully saturated rings. The molecule has 0 amide bonds. The van der Waals surface area contributed by atoms with E-state index in [1.165, 1.54) is 12.1 Å². The topological polar surface area (TPSA) is 61.3 Å². The van der Waals surface area contributed by atoms with Crippen molar-refractivity contribution in [3.8, 4) is 5.75 Å². The molecule has 4 nitrogen and oxygen atoms in total. The fourth-order valence-electron chi connectivity index (χ4n) is 1.23. The molecule has 1 heterocycles. The van der Waals surface area contributed by atoms with Crippen LogP contribution in [0.15, 0.2) is 34.9 Å². The van der Waals surface area contributed by atoms with E-state index >= 15 is 0 Å². The second-order valence-electron chi connectivity index (χ2n) is 3.23. The lowest BCUT2D eigenvalue weighted by molar-refractivity contribution is 0.247. The van der Waals surface area contributed by atoms with Gasteiger partial charge in [-0.25, -0.2) is 4.39 Å². The van der Waals surface area contributed by atoms with Crippen LogP contribution in [0.25, 0.3) is 0 Å². The van der Waals surface area contributed by atoms with Crippen LogP contribution in [-0.4, -0.2) is 5.16 Å². The molecular formula is C11H11FN2O2. The molecule has 5 heteroatoms. The van der Waals surface area contributed by atoms with Crippen LogP contribution in [0.4, 0.5) is 4.39 Å². The fourth-order valence-corrected chi connectivity index (χ4v) is 1.23. The van der Waals surface area contributed by atoms with Gasteiger partial charge in [0.1, 0.15) is 18.2 Å². The molecule has 0 spiro atoms. The maximum absolute atomic E-state index is 12.8. The van der Waals surface area contributed by atoms with Crippen LogP contribution in [0, 0.1) is 5.82 Å². The Bertz CT molecular complexity index is 471. The van der Waals surface area contributed by atoms with Gasteiger partial charge in [-0.3, -0.25) is 0 Å². The molecule has 0 bridgehead atoms. The van der Waals surface area contributed by atoms with Crippen molar-refractivity contribution in [2.75, 3.05) is 0 Å². The van der Waals surface area contributed by atoms with Gasteiger partial charge in [-0.15, -0.1) is 0 Å². The highest BCUT2D eigenvalue weighted by molar-refractivity contribution is 5.22. The predicted octanol–water partition coefficient (Wildman–Crippen LogP) is 1.85. The van der Waals surface area contributed by atoms with E-state index in [2.05, 4.69) is 5.16 Å². The van der Waals surface area contributed by atoms with Crippen molar-refractivity contribution < 1.29 is 13.7 Å². The molecule has 0 radical (unpaired) electrons. The highest BCUT2D eigenvalue weighted by atomic mass is 19.1. The van der Waals surface area contributed by atoms with Gasteiger partial charge in [-0.2, -0.15) is 0 Å². The Kier molecular flexibility index (Phi) is 3.16. The number of hydrogen-bond donors (Lipinski definition) is 1. The van der Waals surface area contributed by atoms with Crippen molar-refractivity contribution in [2.24, 2.45) is 5.73 Å². The van der Waals surface area contributed by atoms with E-state index in [0.29, 0.717) is 23.7 Å². The molecule has 2 rings (SSSR count). The summed E-state index contributed by atoms with van der Waals surface area (Å²) < 4.78 is 23.1. The molecule has 1 aromatic carbocycles. The highest BCUT2D eigenvalue weighted by Crippen LogP contribution is 2.14. The summed E-state index contributed by atoms with van der Waals surface area (Å²) in [5.74, 6) is 0.674. The van der Waals surface area contributed by atoms with Gasteiger partial charge in [0.25, 0.3) is 0 Å². The summed E-state index contributed by atoms with van der Waals surface area (Å²) in [5, 5.41) is 3.71. The number of benzene rings is 1. The third kappa shape index (κ3) is 2.58. The van der Waals surface area contributed by atoms with Gasteiger partial charge in [-0.1, -0.05) is 11.2 Å². The minimum atomic E-state index is -0.335. The van der Waals surface area contributed by atoms with Gasteiger partial charge in [0.05, 0.1) is 5.69 Å². The minimum Gasteiger partial charge on any atom is -0.485 e. The monoisotopic (exact) mass is 222 g/mol. The molecule has 0 aliphatic rings. The highest BCUT2D eigenvalue weighted by Gasteiger charge is 2.03. The Hall–Kier alpha value is -1.88. The first-order chi connectivity index (χ1) is 7.78. The molecule has 0 aliphatic heterocycles. The second kappa shape index (κ2) is 4.76. The fraction of sp³-hybridized carbons (Fsp3) is 0.182. The van der Waals surface area contributed by atoms with E-state index in [-0.39, 0.29) is 12.4 Å². The van der Waals surface area contributed by atoms with E-state index in [0.717, 1.165) is 0 Å². The van der Waals surface area contributed by atoms with E-state index < -0.39 is 0 Å². The maximum Gasteiger partial charge on any atom is 0.174 e. The van der Waals surface area contributed by atoms with Crippen molar-refractivity contribution in [2.45, 2.75) is 13.2 Å². The molecule has 0 atom stereocenters. The average Bonchev–Trinajstić information content (AvgIpc) is 2.74. The SMILES string of the molecule is NCc1cc(COc2cccc(F)c2)on1. The van der Waals surface area contributed by atoms with Crippen molar-refractivity contribution in [3.05, 3.63) is 47.6 Å². The minimum absolute atomic E-state index is 0.205. The van der Waals surface area contributed by atoms with Gasteiger partial charge in [-0.05, 0) is 12.1 Å². The molecule has 2 aromatic rings. The average molecular weight is 222 g/mol. The smallest absolute Gasteiger partial charge is 0.174 e. The summed E-state index contributed by atoms with van der Waals surface area (Å²) in [4.78, 5) is 0. The van der Waals surface area contributed by atoms with E-state index in [1.807, 2.05) is 0 Å². The molecular weight excluding hydrogens is 211 g/mol. The number of nitrogens with two attached hydrogens (primary N) is 1. The quantitative estimate of drug-likeness (QED) is 0.857. The maximum atomic E-state index is 12.8. The number of aromatic nitrogens is 1. The zero-order valence-corrected chi connectivity index (χ0v) is 8.52. The second-order valence-corrected chi connectivity index (χ2v) is 3.23. The summed E-state index contributed by atoms with van der Waals surface area (Å²) >= 11 is 0. The summed E-state index contributed by atoms with van der Waals surface area (Å²) in [5.41, 5.74) is 6.04. The van der Waals surface area contributed by atoms with Crippen LogP contribution in [0.5, 0.6) is 5.75 Å². The number of rotatable bonds is 4. The molecule has 0 saturated heterocycles. The van der Waals surface area contributed by atoms with Crippen molar-refractivity contribution in [1.29, 1.82) is 0 Å². The molecule has 16 heavy (non-hydrogen) atoms. The van der Waals surface area contributed by atoms with Gasteiger partial charge >= 0.3 is 0 Å². The van der Waals surface area contributed by atoms with Gasteiger partial charge < -0.3 is 15.0 Å². The standard InChI is InChI=1S/C11H11FN2O2/c12-8-2-1-3-10(4-8)15-7-11-5-9(6-13)14-16-11/h1-5H,6-7,13H2. The first kappa shape index (κ1) is 10.6. The number of hydrogen-bond acceptors (Lipinski definition) is 4. The Labute approximate surface area is 91.8 Å². The van der Waals surface area contributed by atoms with Crippen LogP contribution in [-0.2, 0) is 13.2 Å². The number of nitrogens with zero attached hydrogens (tertiary/aromatic N) is 1. The van der Waals surface area contributed by atoms with Gasteiger partial charge in [0.15, 0.2) is 5.76 Å². The molecule has 0 aliphatic carbocycles. The van der Waals surface area contributed by atoms with Crippen LogP contribution < -0.4 is 10.5 Å². The first-order valence-corrected chi connectivity index (χ1v) is 4.81. The largest absolute Gasteiger partial charge is 0.485 e. The van der Waals surface area contributed by atoms with E-state index in [1.54, 1.807) is 18.2 Å². The zero-order chi connectivity index (χ0) is 11.4. The van der Waals surface area contributed by atoms with Crippen molar-refractivity contribution in [3.63, 3.8) is 0 Å². The Morgan fingerprint density at radius 3 is 2.94 bits per heavy atom. The van der Waals surface area contributed by atoms with E-state index in [9.17, 15) is 4.39 Å². The lowest BCUT2D eigenvalue weighted by Gasteiger charge is -2.02. The van der Waals surface area contributed by atoms with E-state index in [4.69, 9.17) is 15.0 Å². The molecule has 2 N–H and O–H groups in total. The zero-order valence-electron chi connectivity index (χ0n) is 8.52. The van der Waals surface area contributed by atoms with Crippen molar-refractivity contribution >= 4 is 0 Å². The van der Waals surface area contributed by atoms with Gasteiger partial charge in [0, 0.05) is 18.7 Å². The summed E-state index contributed by atoms with van der Waals surface area (Å²) in [6.45, 7) is 0.528. The Morgan fingerprint density at radius 2 is 2.25 bits per heavy atom. The predicted molar refractivity (Wildman–Crippen MR) is 55.1 cm³/mol. The lowest BCUT2D eigenvalue weighted by Crippen LogP contribution is -1.96. The van der Waals surface area contributed by atoms with Crippen LogP contribution in [0.3, 0.4) is 0 Å². The number of ether oxygens (including phenoxy) is 1. The van der Waals surface area contributed by atoms with Crippen molar-refractivity contribution in [1.82, 2.24) is 5.16 Å². The summed E-state index contributed by atoms with van der Waals surface area (Å²) in [6, 6.07) is 7.62.